The maximum Gasteiger partial charge on any atom is 0.312 e. The quantitative estimate of drug-likeness (QED) is 0.854. The van der Waals surface area contributed by atoms with E-state index in [1.807, 2.05) is 0 Å². The summed E-state index contributed by atoms with van der Waals surface area (Å²) in [6, 6.07) is 0.278. The Morgan fingerprint density at radius 2 is 2.42 bits per heavy atom. The van der Waals surface area contributed by atoms with Crippen LogP contribution < -0.4 is 5.32 Å². The third kappa shape index (κ3) is 3.22. The predicted octanol–water partition coefficient (Wildman–Crippen LogP) is 1.60. The van der Waals surface area contributed by atoms with Crippen LogP contribution in [-0.4, -0.2) is 35.6 Å². The van der Waals surface area contributed by atoms with E-state index in [2.05, 4.69) is 22.2 Å². The van der Waals surface area contributed by atoms with Crippen molar-refractivity contribution in [2.45, 2.75) is 32.2 Å². The van der Waals surface area contributed by atoms with Gasteiger partial charge in [-0.2, -0.15) is 0 Å². The Morgan fingerprint density at radius 1 is 1.63 bits per heavy atom. The fourth-order valence-electron chi connectivity index (χ4n) is 2.76. The third-order valence-electron chi connectivity index (χ3n) is 3.59. The number of esters is 1. The summed E-state index contributed by atoms with van der Waals surface area (Å²) in [6.45, 7) is 2.87. The molecule has 0 bridgehead atoms. The molecule has 2 rings (SSSR count). The van der Waals surface area contributed by atoms with E-state index in [1.165, 1.54) is 13.3 Å². The molecule has 1 fully saturated rings. The van der Waals surface area contributed by atoms with Gasteiger partial charge < -0.3 is 10.1 Å². The Hall–Kier alpha value is -1.20. The molecule has 1 aromatic heterocycles. The summed E-state index contributed by atoms with van der Waals surface area (Å²) >= 11 is 5.85. The lowest BCUT2D eigenvalue weighted by Gasteiger charge is -2.37. The topological polar surface area (TPSA) is 64.1 Å². The SMILES string of the molecule is COC(=O)[C@]1(Cc2cncc(Cl)n2)CCN[C@H](C)C1. The van der Waals surface area contributed by atoms with Crippen LogP contribution in [0.25, 0.3) is 0 Å². The number of nitrogens with zero attached hydrogens (tertiary/aromatic N) is 2. The van der Waals surface area contributed by atoms with Gasteiger partial charge in [0.1, 0.15) is 5.15 Å². The summed E-state index contributed by atoms with van der Waals surface area (Å²) in [5.41, 5.74) is 0.200. The van der Waals surface area contributed by atoms with Crippen LogP contribution in [0.1, 0.15) is 25.5 Å². The molecule has 0 saturated carbocycles. The predicted molar refractivity (Wildman–Crippen MR) is 71.9 cm³/mol. The van der Waals surface area contributed by atoms with Gasteiger partial charge in [-0.3, -0.25) is 9.78 Å². The molecule has 0 amide bonds. The standard InChI is InChI=1S/C13H18ClN3O2/c1-9-5-13(3-4-16-9,12(18)19-2)6-10-7-15-8-11(14)17-10/h7-9,16H,3-6H2,1-2H3/t9-,13-/m1/s1. The number of halogens is 1. The van der Waals surface area contributed by atoms with Gasteiger partial charge in [-0.1, -0.05) is 11.6 Å². The van der Waals surface area contributed by atoms with Crippen molar-refractivity contribution < 1.29 is 9.53 Å². The van der Waals surface area contributed by atoms with Gasteiger partial charge in [0.2, 0.25) is 0 Å². The van der Waals surface area contributed by atoms with E-state index in [0.29, 0.717) is 11.6 Å². The van der Waals surface area contributed by atoms with E-state index in [4.69, 9.17) is 16.3 Å². The summed E-state index contributed by atoms with van der Waals surface area (Å²) in [7, 11) is 1.43. The highest BCUT2D eigenvalue weighted by atomic mass is 35.5. The highest BCUT2D eigenvalue weighted by Gasteiger charge is 2.43. The van der Waals surface area contributed by atoms with Crippen molar-refractivity contribution in [2.24, 2.45) is 5.41 Å². The van der Waals surface area contributed by atoms with Crippen molar-refractivity contribution in [1.82, 2.24) is 15.3 Å². The van der Waals surface area contributed by atoms with Crippen molar-refractivity contribution >= 4 is 17.6 Å². The summed E-state index contributed by atoms with van der Waals surface area (Å²) in [5.74, 6) is -0.178. The maximum atomic E-state index is 12.2. The Bertz CT molecular complexity index is 469. The summed E-state index contributed by atoms with van der Waals surface area (Å²) < 4.78 is 5.00. The van der Waals surface area contributed by atoms with Crippen molar-refractivity contribution in [2.75, 3.05) is 13.7 Å². The van der Waals surface area contributed by atoms with E-state index in [0.717, 1.165) is 25.1 Å². The molecule has 19 heavy (non-hydrogen) atoms. The van der Waals surface area contributed by atoms with Crippen molar-refractivity contribution in [3.8, 4) is 0 Å². The lowest BCUT2D eigenvalue weighted by Crippen LogP contribution is -2.48. The fraction of sp³-hybridized carbons (Fsp3) is 0.615. The van der Waals surface area contributed by atoms with Crippen LogP contribution in [0.4, 0.5) is 0 Å². The molecule has 104 valence electrons. The van der Waals surface area contributed by atoms with E-state index < -0.39 is 5.41 Å². The second-order valence-electron chi connectivity index (χ2n) is 5.09. The van der Waals surface area contributed by atoms with Gasteiger partial charge in [0.25, 0.3) is 0 Å². The first-order valence-electron chi connectivity index (χ1n) is 6.34. The molecule has 5 nitrogen and oxygen atoms in total. The van der Waals surface area contributed by atoms with Crippen LogP contribution in [0.15, 0.2) is 12.4 Å². The molecule has 1 aliphatic rings. The first-order chi connectivity index (χ1) is 9.05. The first kappa shape index (κ1) is 14.2. The maximum absolute atomic E-state index is 12.2. The molecule has 1 aliphatic heterocycles. The number of aromatic nitrogens is 2. The number of methoxy groups -OCH3 is 1. The van der Waals surface area contributed by atoms with Crippen molar-refractivity contribution in [1.29, 1.82) is 0 Å². The van der Waals surface area contributed by atoms with E-state index in [1.54, 1.807) is 6.20 Å². The van der Waals surface area contributed by atoms with Crippen LogP contribution in [-0.2, 0) is 16.0 Å². The number of ether oxygens (including phenoxy) is 1. The molecule has 2 atom stereocenters. The van der Waals surface area contributed by atoms with Gasteiger partial charge in [-0.05, 0) is 26.3 Å². The molecule has 0 spiro atoms. The zero-order chi connectivity index (χ0) is 13.9. The first-order valence-corrected chi connectivity index (χ1v) is 6.72. The lowest BCUT2D eigenvalue weighted by atomic mass is 9.73. The van der Waals surface area contributed by atoms with Crippen molar-refractivity contribution in [3.63, 3.8) is 0 Å². The molecule has 0 radical (unpaired) electrons. The molecule has 6 heteroatoms. The molecular weight excluding hydrogens is 266 g/mol. The molecule has 0 aromatic carbocycles. The van der Waals surface area contributed by atoms with Gasteiger partial charge in [0, 0.05) is 18.7 Å². The van der Waals surface area contributed by atoms with Crippen LogP contribution in [0.3, 0.4) is 0 Å². The summed E-state index contributed by atoms with van der Waals surface area (Å²) in [4.78, 5) is 20.4. The fourth-order valence-corrected chi connectivity index (χ4v) is 2.93. The highest BCUT2D eigenvalue weighted by molar-refractivity contribution is 6.29. The molecule has 1 saturated heterocycles. The molecule has 0 unspecified atom stereocenters. The number of piperidine rings is 1. The minimum atomic E-state index is -0.529. The summed E-state index contributed by atoms with van der Waals surface area (Å²) in [6.07, 6.45) is 5.12. The van der Waals surface area contributed by atoms with Gasteiger partial charge >= 0.3 is 5.97 Å². The van der Waals surface area contributed by atoms with Crippen LogP contribution in [0.2, 0.25) is 5.15 Å². The monoisotopic (exact) mass is 283 g/mol. The van der Waals surface area contributed by atoms with E-state index in [-0.39, 0.29) is 12.0 Å². The Balaban J connectivity index is 2.25. The third-order valence-corrected chi connectivity index (χ3v) is 3.77. The normalized spacial score (nSPS) is 27.0. The molecule has 2 heterocycles. The number of carbonyl (C=O) groups is 1. The second-order valence-corrected chi connectivity index (χ2v) is 5.48. The number of nitrogens with one attached hydrogen (secondary N) is 1. The van der Waals surface area contributed by atoms with E-state index in [9.17, 15) is 4.79 Å². The molecule has 1 aromatic rings. The molecule has 1 N–H and O–H groups in total. The average Bonchev–Trinajstić information content (AvgIpc) is 2.37. The lowest BCUT2D eigenvalue weighted by molar-refractivity contribution is -0.155. The highest BCUT2D eigenvalue weighted by Crippen LogP contribution is 2.36. The van der Waals surface area contributed by atoms with E-state index >= 15 is 0 Å². The van der Waals surface area contributed by atoms with Gasteiger partial charge in [0.15, 0.2) is 0 Å². The minimum Gasteiger partial charge on any atom is -0.469 e. The van der Waals surface area contributed by atoms with Gasteiger partial charge in [-0.15, -0.1) is 0 Å². The van der Waals surface area contributed by atoms with Gasteiger partial charge in [0.05, 0.1) is 24.4 Å². The number of carbonyl (C=O) groups excluding carboxylic acids is 1. The van der Waals surface area contributed by atoms with Crippen LogP contribution in [0, 0.1) is 5.41 Å². The summed E-state index contributed by atoms with van der Waals surface area (Å²) in [5, 5.41) is 3.69. The molecular formula is C13H18ClN3O2. The van der Waals surface area contributed by atoms with Crippen LogP contribution in [0.5, 0.6) is 0 Å². The van der Waals surface area contributed by atoms with Crippen LogP contribution >= 0.6 is 11.6 Å². The second kappa shape index (κ2) is 5.84. The Morgan fingerprint density at radius 3 is 3.05 bits per heavy atom. The zero-order valence-electron chi connectivity index (χ0n) is 11.1. The zero-order valence-corrected chi connectivity index (χ0v) is 11.9. The Labute approximate surface area is 117 Å². The minimum absolute atomic E-state index is 0.178. The number of rotatable bonds is 3. The largest absolute Gasteiger partial charge is 0.469 e. The van der Waals surface area contributed by atoms with Gasteiger partial charge in [-0.25, -0.2) is 4.98 Å². The Kier molecular flexibility index (Phi) is 4.37. The molecule has 0 aliphatic carbocycles. The number of hydrogen-bond acceptors (Lipinski definition) is 5. The number of hydrogen-bond donors (Lipinski definition) is 1. The smallest absolute Gasteiger partial charge is 0.312 e. The average molecular weight is 284 g/mol. The van der Waals surface area contributed by atoms with Crippen molar-refractivity contribution in [3.05, 3.63) is 23.2 Å².